The zero-order valence-electron chi connectivity index (χ0n) is 40.5. The first-order valence-electron chi connectivity index (χ1n) is 21.3. The van der Waals surface area contributed by atoms with E-state index < -0.39 is 80.9 Å². The molecule has 0 spiro atoms. The van der Waals surface area contributed by atoms with Gasteiger partial charge in [0.1, 0.15) is 11.3 Å². The number of aliphatic carboxylic acids is 2. The Morgan fingerprint density at radius 1 is 0.654 bits per heavy atom. The summed E-state index contributed by atoms with van der Waals surface area (Å²) in [5, 5.41) is 51.1. The van der Waals surface area contributed by atoms with E-state index in [0.717, 1.165) is 47.9 Å². The molecule has 0 atom stereocenters. The smallest absolute Gasteiger partial charge is 0.460 e. The number of carbonyl (C=O) groups excluding carboxylic acids is 2. The van der Waals surface area contributed by atoms with E-state index in [1.807, 2.05) is 31.2 Å². The van der Waals surface area contributed by atoms with Crippen LogP contribution < -0.4 is 16.0 Å². The summed E-state index contributed by atoms with van der Waals surface area (Å²) in [5.74, 6) is -20.1. The molecule has 5 aromatic rings. The van der Waals surface area contributed by atoms with Crippen molar-refractivity contribution in [3.8, 4) is 5.75 Å². The number of aromatic hydroxyl groups is 1. The number of amides is 3. The summed E-state index contributed by atoms with van der Waals surface area (Å²) in [7, 11) is -4.06. The first kappa shape index (κ1) is 67.6. The van der Waals surface area contributed by atoms with E-state index in [1.165, 1.54) is 24.3 Å². The number of carbonyl (C=O) groups is 6. The number of allylic oxidation sites excluding steroid dienone is 1. The molecule has 29 heteroatoms. The zero-order chi connectivity index (χ0) is 59.9. The van der Waals surface area contributed by atoms with Gasteiger partial charge in [-0.25, -0.2) is 28.4 Å². The number of alkyl halides is 8. The van der Waals surface area contributed by atoms with Gasteiger partial charge in [-0.3, -0.25) is 9.35 Å². The van der Waals surface area contributed by atoms with Crippen LogP contribution in [0.15, 0.2) is 148 Å². The van der Waals surface area contributed by atoms with Crippen molar-refractivity contribution in [1.82, 2.24) is 0 Å². The van der Waals surface area contributed by atoms with Gasteiger partial charge in [-0.1, -0.05) is 62.4 Å². The zero-order valence-corrected chi connectivity index (χ0v) is 42.1. The van der Waals surface area contributed by atoms with E-state index in [0.29, 0.717) is 29.0 Å². The number of benzene rings is 5. The molecule has 0 aliphatic heterocycles. The molecular weight excluding hydrogens is 1110 g/mol. The van der Waals surface area contributed by atoms with Crippen LogP contribution in [0.3, 0.4) is 0 Å². The molecule has 0 saturated carbocycles. The fourth-order valence-electron chi connectivity index (χ4n) is 5.34. The number of aryl methyl sites for hydroxylation is 3. The molecular formula is C49H45F10N3O14S2. The number of halogens is 10. The number of rotatable bonds is 13. The van der Waals surface area contributed by atoms with Crippen molar-refractivity contribution in [2.45, 2.75) is 67.9 Å². The second-order valence-electron chi connectivity index (χ2n) is 14.9. The maximum Gasteiger partial charge on any atom is 0.460 e. The number of carboxylic acids is 4. The van der Waals surface area contributed by atoms with Crippen molar-refractivity contribution in [1.29, 1.82) is 0 Å². The maximum atomic E-state index is 12.0. The first-order valence-corrected chi connectivity index (χ1v) is 23.6. The predicted octanol–water partition coefficient (Wildman–Crippen LogP) is 12.3. The van der Waals surface area contributed by atoms with Crippen LogP contribution in [-0.4, -0.2) is 91.9 Å². The predicted molar refractivity (Wildman–Crippen MR) is 264 cm³/mol. The number of hydrogen-bond acceptors (Lipinski definition) is 10. The molecule has 0 heterocycles. The van der Waals surface area contributed by atoms with Crippen LogP contribution in [-0.2, 0) is 30.9 Å². The van der Waals surface area contributed by atoms with Crippen molar-refractivity contribution in [3.05, 3.63) is 166 Å². The summed E-state index contributed by atoms with van der Waals surface area (Å²) in [6.07, 6.45) is -4.18. The number of phenols is 1. The lowest BCUT2D eigenvalue weighted by Crippen LogP contribution is -2.38. The van der Waals surface area contributed by atoms with E-state index in [2.05, 4.69) is 16.0 Å². The molecule has 17 nitrogen and oxygen atoms in total. The van der Waals surface area contributed by atoms with Crippen LogP contribution in [0.1, 0.15) is 57.7 Å². The highest BCUT2D eigenvalue weighted by molar-refractivity contribution is 8.00. The van der Waals surface area contributed by atoms with Crippen LogP contribution in [0.5, 0.6) is 5.75 Å². The fraction of sp³-hybridized carbons (Fsp3) is 0.184. The van der Waals surface area contributed by atoms with Gasteiger partial charge in [-0.2, -0.15) is 47.9 Å². The molecule has 0 unspecified atom stereocenters. The van der Waals surface area contributed by atoms with Crippen molar-refractivity contribution in [3.63, 3.8) is 0 Å². The number of para-hydroxylation sites is 2. The van der Waals surface area contributed by atoms with Gasteiger partial charge < -0.3 is 41.5 Å². The number of nitrogens with one attached hydrogen (secondary N) is 3. The molecule has 3 amide bonds. The number of thioether (sulfide) groups is 1. The lowest BCUT2D eigenvalue weighted by atomic mass is 10.1. The molecule has 78 heavy (non-hydrogen) atoms. The molecule has 0 bridgehead atoms. The first-order chi connectivity index (χ1) is 35.9. The van der Waals surface area contributed by atoms with Gasteiger partial charge in [-0.15, -0.1) is 0 Å². The summed E-state index contributed by atoms with van der Waals surface area (Å²) in [5.41, 5.74) is -0.484. The van der Waals surface area contributed by atoms with E-state index in [1.54, 1.807) is 63.2 Å². The van der Waals surface area contributed by atoms with Crippen LogP contribution >= 0.6 is 11.8 Å². The summed E-state index contributed by atoms with van der Waals surface area (Å²) < 4.78 is 147. The van der Waals surface area contributed by atoms with Crippen LogP contribution in [0.25, 0.3) is 0 Å². The largest absolute Gasteiger partial charge is 0.507 e. The van der Waals surface area contributed by atoms with Gasteiger partial charge in [-0.05, 0) is 116 Å². The molecule has 0 saturated heterocycles. The highest BCUT2D eigenvalue weighted by Crippen LogP contribution is 2.43. The number of aromatic carboxylic acids is 2. The number of urea groups is 1. The van der Waals surface area contributed by atoms with Gasteiger partial charge in [0.05, 0.1) is 10.5 Å². The van der Waals surface area contributed by atoms with E-state index in [4.69, 9.17) is 25.0 Å². The number of anilines is 3. The summed E-state index contributed by atoms with van der Waals surface area (Å²) in [4.78, 5) is 64.7. The second kappa shape index (κ2) is 30.3. The average molecular weight is 1150 g/mol. The van der Waals surface area contributed by atoms with Crippen LogP contribution in [0.2, 0.25) is 0 Å². The molecule has 0 fully saturated rings. The summed E-state index contributed by atoms with van der Waals surface area (Å²) in [6, 6.07) is 29.1. The fourth-order valence-corrected chi connectivity index (χ4v) is 6.69. The van der Waals surface area contributed by atoms with E-state index in [9.17, 15) is 86.2 Å². The number of hydrogen-bond donors (Lipinski definition) is 9. The van der Waals surface area contributed by atoms with Gasteiger partial charge in [0.15, 0.2) is 0 Å². The molecule has 422 valence electrons. The third kappa shape index (κ3) is 23.6. The second-order valence-corrected chi connectivity index (χ2v) is 17.5. The monoisotopic (exact) mass is 1150 g/mol. The molecule has 0 aliphatic rings. The average Bonchev–Trinajstić information content (AvgIpc) is 3.33. The summed E-state index contributed by atoms with van der Waals surface area (Å²) in [6.45, 7) is 7.09. The highest BCUT2D eigenvalue weighted by Gasteiger charge is 2.63. The minimum absolute atomic E-state index is 0.0116. The Balaban J connectivity index is 0.000000496. The van der Waals surface area contributed by atoms with E-state index in [-0.39, 0.29) is 38.3 Å². The Morgan fingerprint density at radius 3 is 1.67 bits per heavy atom. The van der Waals surface area contributed by atoms with E-state index >= 15 is 0 Å². The lowest BCUT2D eigenvalue weighted by Gasteiger charge is -2.17. The number of carboxylic acid groups (broad SMARTS) is 4. The topological polar surface area (TPSA) is 294 Å². The van der Waals surface area contributed by atoms with Crippen molar-refractivity contribution >= 4 is 74.8 Å². The molecule has 0 radical (unpaired) electrons. The van der Waals surface area contributed by atoms with Crippen LogP contribution in [0, 0.1) is 13.8 Å². The SMILES string of the molecule is CC/C(=C/C(=O)Nc1ccccc1)C(=O)O.CCc1ccccc1NC(=O)Nc1ccc(C(=O)O)c(O)c1.Cc1ccc(C)c(S(=O)(=O)O)c1.O=C(O)C(F)=C(F)C(F)(F)C(F)(F)F.O=C(O)c1ccc(SC(F)(F)F)cc1. The summed E-state index contributed by atoms with van der Waals surface area (Å²) >= 11 is -0.272. The minimum atomic E-state index is -6.39. The van der Waals surface area contributed by atoms with Gasteiger partial charge >= 0.3 is 47.5 Å². The van der Waals surface area contributed by atoms with Crippen molar-refractivity contribution in [2.75, 3.05) is 16.0 Å². The maximum absolute atomic E-state index is 12.0. The van der Waals surface area contributed by atoms with Gasteiger partial charge in [0, 0.05) is 39.7 Å². The Kier molecular flexibility index (Phi) is 26.3. The molecule has 0 aromatic heterocycles. The Morgan fingerprint density at radius 2 is 1.22 bits per heavy atom. The van der Waals surface area contributed by atoms with Gasteiger partial charge in [0.2, 0.25) is 17.6 Å². The Hall–Kier alpha value is -8.44. The third-order valence-corrected chi connectivity index (χ3v) is 10.8. The molecule has 0 aliphatic carbocycles. The highest BCUT2D eigenvalue weighted by atomic mass is 32.2. The van der Waals surface area contributed by atoms with Crippen molar-refractivity contribution < 1.29 is 111 Å². The molecule has 9 N–H and O–H groups in total. The molecule has 5 aromatic carbocycles. The Labute approximate surface area is 440 Å². The normalized spacial score (nSPS) is 11.6. The quantitative estimate of drug-likeness (QED) is 0.0229. The molecule has 5 rings (SSSR count). The minimum Gasteiger partial charge on any atom is -0.507 e. The van der Waals surface area contributed by atoms with Crippen molar-refractivity contribution in [2.24, 2.45) is 0 Å². The standard InChI is InChI=1S/C16H16N2O4.C12H13NO3.C8H5F3O2S.C8H10O3S.C5HF7O2/c1-2-10-5-3-4-6-13(10)18-16(22)17-11-7-8-12(15(20)21)14(19)9-11;1-2-9(12(15)16)8-11(14)13-10-6-4-3-5-7-10;9-8(10,11)14-6-3-1-5(2-4-6)7(12)13;1-6-3-4-7(2)8(5-6)12(9,10)11;6-1(3(13)14)2(7)4(8,9)5(10,11)12/h3-9,19H,2H2,1H3,(H,20,21)(H2,17,18,22);3-8H,2H2,1H3,(H,13,14)(H,15,16);1-4H,(H,12,13);3-5H,1-2H3,(H,9,10,11);(H,13,14)/b;9-8-;;;. The Bertz CT molecular complexity index is 3080. The third-order valence-electron chi connectivity index (χ3n) is 9.10. The van der Waals surface area contributed by atoms with Gasteiger partial charge in [0.25, 0.3) is 10.1 Å². The lowest BCUT2D eigenvalue weighted by molar-refractivity contribution is -0.271. The van der Waals surface area contributed by atoms with Crippen LogP contribution in [0.4, 0.5) is 65.8 Å².